The summed E-state index contributed by atoms with van der Waals surface area (Å²) in [7, 11) is 0. The van der Waals surface area contributed by atoms with Crippen LogP contribution in [0.2, 0.25) is 0 Å². The van der Waals surface area contributed by atoms with Gasteiger partial charge < -0.3 is 15.4 Å². The maximum Gasteiger partial charge on any atom is 0.326 e. The molecule has 0 saturated carbocycles. The van der Waals surface area contributed by atoms with Gasteiger partial charge in [0.05, 0.1) is 6.42 Å². The maximum absolute atomic E-state index is 12.1. The number of carbonyl (C=O) groups is 2. The standard InChI is InChI=1S/C15H19N3O3/c1-3-9(2)13(15(20)21)18-12(19)7-10-8-17-14-11(10)5-4-6-16-14/h4-6,8-9,13H,3,7H2,1-2H3,(H,16,17)(H,18,19)(H,20,21)/t9-,13-/m0/s1. The van der Waals surface area contributed by atoms with Crippen molar-refractivity contribution in [2.75, 3.05) is 0 Å². The summed E-state index contributed by atoms with van der Waals surface area (Å²) in [6, 6.07) is 2.83. The number of carboxylic acid groups (broad SMARTS) is 1. The van der Waals surface area contributed by atoms with E-state index in [9.17, 15) is 14.7 Å². The molecule has 2 aromatic rings. The van der Waals surface area contributed by atoms with Gasteiger partial charge >= 0.3 is 5.97 Å². The molecule has 0 fully saturated rings. The first-order valence-electron chi connectivity index (χ1n) is 6.96. The number of fused-ring (bicyclic) bond motifs is 1. The van der Waals surface area contributed by atoms with Crippen LogP contribution in [0.15, 0.2) is 24.5 Å². The van der Waals surface area contributed by atoms with Gasteiger partial charge in [-0.15, -0.1) is 0 Å². The Labute approximate surface area is 122 Å². The number of nitrogens with zero attached hydrogens (tertiary/aromatic N) is 1. The molecule has 0 aliphatic rings. The molecule has 0 saturated heterocycles. The molecule has 21 heavy (non-hydrogen) atoms. The zero-order valence-corrected chi connectivity index (χ0v) is 12.1. The fourth-order valence-electron chi connectivity index (χ4n) is 2.24. The van der Waals surface area contributed by atoms with E-state index >= 15 is 0 Å². The van der Waals surface area contributed by atoms with Gasteiger partial charge in [0.15, 0.2) is 0 Å². The molecule has 0 unspecified atom stereocenters. The molecular formula is C15H19N3O3. The monoisotopic (exact) mass is 289 g/mol. The Morgan fingerprint density at radius 1 is 1.48 bits per heavy atom. The van der Waals surface area contributed by atoms with Crippen molar-refractivity contribution in [1.82, 2.24) is 15.3 Å². The Hall–Kier alpha value is -2.37. The van der Waals surface area contributed by atoms with Crippen LogP contribution in [0.4, 0.5) is 0 Å². The minimum Gasteiger partial charge on any atom is -0.480 e. The third-order valence-corrected chi connectivity index (χ3v) is 3.68. The molecule has 112 valence electrons. The van der Waals surface area contributed by atoms with Crippen molar-refractivity contribution in [3.8, 4) is 0 Å². The van der Waals surface area contributed by atoms with Crippen LogP contribution in [0.1, 0.15) is 25.8 Å². The summed E-state index contributed by atoms with van der Waals surface area (Å²) in [6.07, 6.45) is 4.22. The minimum atomic E-state index is -1.00. The second-order valence-electron chi connectivity index (χ2n) is 5.16. The molecule has 0 bridgehead atoms. The highest BCUT2D eigenvalue weighted by Crippen LogP contribution is 2.16. The molecule has 2 atom stereocenters. The smallest absolute Gasteiger partial charge is 0.326 e. The molecule has 0 aromatic carbocycles. The van der Waals surface area contributed by atoms with Crippen molar-refractivity contribution < 1.29 is 14.7 Å². The Kier molecular flexibility index (Phi) is 4.57. The first kappa shape index (κ1) is 15.0. The second kappa shape index (κ2) is 6.39. The molecule has 1 amide bonds. The first-order valence-corrected chi connectivity index (χ1v) is 6.96. The topological polar surface area (TPSA) is 95.1 Å². The van der Waals surface area contributed by atoms with Crippen molar-refractivity contribution in [2.24, 2.45) is 5.92 Å². The van der Waals surface area contributed by atoms with Gasteiger partial charge in [-0.3, -0.25) is 4.79 Å². The highest BCUT2D eigenvalue weighted by atomic mass is 16.4. The average molecular weight is 289 g/mol. The molecule has 0 spiro atoms. The fourth-order valence-corrected chi connectivity index (χ4v) is 2.24. The van der Waals surface area contributed by atoms with Gasteiger partial charge in [0.2, 0.25) is 5.91 Å². The second-order valence-corrected chi connectivity index (χ2v) is 5.16. The molecule has 0 aliphatic heterocycles. The van der Waals surface area contributed by atoms with Crippen molar-refractivity contribution in [1.29, 1.82) is 0 Å². The van der Waals surface area contributed by atoms with Gasteiger partial charge in [0.1, 0.15) is 11.7 Å². The zero-order valence-electron chi connectivity index (χ0n) is 12.1. The predicted molar refractivity (Wildman–Crippen MR) is 78.8 cm³/mol. The van der Waals surface area contributed by atoms with E-state index in [0.29, 0.717) is 6.42 Å². The number of hydrogen-bond acceptors (Lipinski definition) is 3. The lowest BCUT2D eigenvalue weighted by Crippen LogP contribution is -2.45. The Morgan fingerprint density at radius 3 is 2.90 bits per heavy atom. The number of nitrogens with one attached hydrogen (secondary N) is 2. The largest absolute Gasteiger partial charge is 0.480 e. The quantitative estimate of drug-likeness (QED) is 0.754. The molecular weight excluding hydrogens is 270 g/mol. The van der Waals surface area contributed by atoms with Crippen LogP contribution >= 0.6 is 0 Å². The van der Waals surface area contributed by atoms with Crippen molar-refractivity contribution >= 4 is 22.9 Å². The number of carbonyl (C=O) groups excluding carboxylic acids is 1. The van der Waals surface area contributed by atoms with E-state index in [1.54, 1.807) is 18.5 Å². The average Bonchev–Trinajstić information content (AvgIpc) is 2.87. The molecule has 2 rings (SSSR count). The molecule has 6 nitrogen and oxygen atoms in total. The third-order valence-electron chi connectivity index (χ3n) is 3.68. The Balaban J connectivity index is 2.09. The lowest BCUT2D eigenvalue weighted by molar-refractivity contribution is -0.143. The van der Waals surface area contributed by atoms with E-state index < -0.39 is 12.0 Å². The summed E-state index contributed by atoms with van der Waals surface area (Å²) in [4.78, 5) is 30.5. The van der Waals surface area contributed by atoms with E-state index in [1.807, 2.05) is 19.9 Å². The van der Waals surface area contributed by atoms with Gasteiger partial charge in [-0.25, -0.2) is 9.78 Å². The van der Waals surface area contributed by atoms with E-state index in [4.69, 9.17) is 0 Å². The first-order chi connectivity index (χ1) is 10.0. The maximum atomic E-state index is 12.1. The van der Waals surface area contributed by atoms with Crippen molar-refractivity contribution in [3.05, 3.63) is 30.1 Å². The van der Waals surface area contributed by atoms with Gasteiger partial charge in [-0.1, -0.05) is 20.3 Å². The Morgan fingerprint density at radius 2 is 2.24 bits per heavy atom. The van der Waals surface area contributed by atoms with E-state index in [-0.39, 0.29) is 18.2 Å². The molecule has 3 N–H and O–H groups in total. The van der Waals surface area contributed by atoms with Crippen LogP contribution in [0.3, 0.4) is 0 Å². The van der Waals surface area contributed by atoms with Crippen molar-refractivity contribution in [3.63, 3.8) is 0 Å². The van der Waals surface area contributed by atoms with Crippen LogP contribution in [0, 0.1) is 5.92 Å². The van der Waals surface area contributed by atoms with Gasteiger partial charge in [0, 0.05) is 17.8 Å². The highest BCUT2D eigenvalue weighted by molar-refractivity contribution is 5.89. The fraction of sp³-hybridized carbons (Fsp3) is 0.400. The SMILES string of the molecule is CC[C@H](C)[C@H](NC(=O)Cc1c[nH]c2ncccc12)C(=O)O. The number of rotatable bonds is 6. The highest BCUT2D eigenvalue weighted by Gasteiger charge is 2.25. The van der Waals surface area contributed by atoms with E-state index in [2.05, 4.69) is 15.3 Å². The number of amides is 1. The van der Waals surface area contributed by atoms with Gasteiger partial charge in [-0.2, -0.15) is 0 Å². The van der Waals surface area contributed by atoms with Crippen LogP contribution in [-0.4, -0.2) is 33.0 Å². The lowest BCUT2D eigenvalue weighted by Gasteiger charge is -2.20. The summed E-state index contributed by atoms with van der Waals surface area (Å²) in [6.45, 7) is 3.72. The van der Waals surface area contributed by atoms with E-state index in [0.717, 1.165) is 16.6 Å². The Bertz CT molecular complexity index is 650. The van der Waals surface area contributed by atoms with Gasteiger partial charge in [0.25, 0.3) is 0 Å². The molecule has 0 aliphatic carbocycles. The molecule has 2 aromatic heterocycles. The normalized spacial score (nSPS) is 13.8. The van der Waals surface area contributed by atoms with Crippen LogP contribution in [-0.2, 0) is 16.0 Å². The summed E-state index contributed by atoms with van der Waals surface area (Å²) in [5, 5.41) is 12.7. The number of aromatic nitrogens is 2. The lowest BCUT2D eigenvalue weighted by atomic mass is 9.99. The van der Waals surface area contributed by atoms with Gasteiger partial charge in [-0.05, 0) is 23.6 Å². The zero-order chi connectivity index (χ0) is 15.4. The number of hydrogen-bond donors (Lipinski definition) is 3. The van der Waals surface area contributed by atoms with E-state index in [1.165, 1.54) is 0 Å². The molecule has 0 radical (unpaired) electrons. The minimum absolute atomic E-state index is 0.115. The predicted octanol–water partition coefficient (Wildman–Crippen LogP) is 1.72. The number of aliphatic carboxylic acids is 1. The van der Waals surface area contributed by atoms with Crippen LogP contribution in [0.5, 0.6) is 0 Å². The summed E-state index contributed by atoms with van der Waals surface area (Å²) >= 11 is 0. The molecule has 2 heterocycles. The van der Waals surface area contributed by atoms with Crippen molar-refractivity contribution in [2.45, 2.75) is 32.7 Å². The summed E-state index contributed by atoms with van der Waals surface area (Å²) in [5.41, 5.74) is 1.53. The summed E-state index contributed by atoms with van der Waals surface area (Å²) < 4.78 is 0. The van der Waals surface area contributed by atoms with Crippen LogP contribution in [0.25, 0.3) is 11.0 Å². The number of carboxylic acids is 1. The van der Waals surface area contributed by atoms with Crippen LogP contribution < -0.4 is 5.32 Å². The number of aromatic amines is 1. The number of pyridine rings is 1. The molecule has 6 heteroatoms. The summed E-state index contributed by atoms with van der Waals surface area (Å²) in [5.74, 6) is -1.41. The third kappa shape index (κ3) is 3.39. The number of H-pyrrole nitrogens is 1.